The molecule has 3 aliphatic rings. The van der Waals surface area contributed by atoms with Crippen LogP contribution in [-0.4, -0.2) is 72.1 Å². The van der Waals surface area contributed by atoms with Crippen LogP contribution in [0, 0.1) is 11.8 Å². The number of piperidine rings is 1. The molecule has 1 aromatic rings. The lowest BCUT2D eigenvalue weighted by Crippen LogP contribution is -2.46. The number of carboxylic acid groups (broad SMARTS) is 1. The molecule has 9 heteroatoms. The Kier molecular flexibility index (Phi) is 5.86. The molecule has 2 saturated heterocycles. The lowest BCUT2D eigenvalue weighted by molar-refractivity contribution is -0.138. The molecule has 4 rings (SSSR count). The van der Waals surface area contributed by atoms with Crippen LogP contribution in [-0.2, 0) is 14.4 Å². The summed E-state index contributed by atoms with van der Waals surface area (Å²) in [5, 5.41) is 11.0. The fraction of sp³-hybridized carbons (Fsp3) is 0.500. The van der Waals surface area contributed by atoms with Gasteiger partial charge in [-0.25, -0.2) is 0 Å². The first kappa shape index (κ1) is 21.2. The number of fused-ring (bicyclic) bond motifs is 1. The molecule has 0 spiro atoms. The average Bonchev–Trinajstić information content (AvgIpc) is 2.98. The number of ketones is 2. The summed E-state index contributed by atoms with van der Waals surface area (Å²) in [4.78, 5) is 64.5. The van der Waals surface area contributed by atoms with Crippen molar-refractivity contribution >= 4 is 35.0 Å². The van der Waals surface area contributed by atoms with Gasteiger partial charge in [-0.3, -0.25) is 34.2 Å². The van der Waals surface area contributed by atoms with Gasteiger partial charge in [-0.1, -0.05) is 0 Å². The molecule has 1 aromatic carbocycles. The maximum absolute atomic E-state index is 13.0. The molecule has 2 aliphatic heterocycles. The van der Waals surface area contributed by atoms with E-state index < -0.39 is 23.7 Å². The third kappa shape index (κ3) is 4.23. The maximum atomic E-state index is 13.0. The third-order valence-corrected chi connectivity index (χ3v) is 6.39. The van der Waals surface area contributed by atoms with Crippen molar-refractivity contribution < 1.29 is 29.1 Å². The minimum Gasteiger partial charge on any atom is -0.481 e. The Hall–Kier alpha value is -3.07. The van der Waals surface area contributed by atoms with Crippen molar-refractivity contribution in [2.75, 3.05) is 37.6 Å². The molecule has 2 amide bonds. The van der Waals surface area contributed by atoms with Crippen molar-refractivity contribution in [1.29, 1.82) is 0 Å². The summed E-state index contributed by atoms with van der Waals surface area (Å²) in [5.74, 6) is -4.25. The van der Waals surface area contributed by atoms with E-state index in [9.17, 15) is 24.0 Å². The van der Waals surface area contributed by atoms with Gasteiger partial charge in [0.2, 0.25) is 11.8 Å². The van der Waals surface area contributed by atoms with Crippen molar-refractivity contribution in [2.45, 2.75) is 25.7 Å². The molecule has 2 heterocycles. The number of aliphatic carboxylic acids is 1. The topological polar surface area (TPSA) is 124 Å². The van der Waals surface area contributed by atoms with Crippen LogP contribution in [0.1, 0.15) is 46.4 Å². The highest BCUT2D eigenvalue weighted by atomic mass is 16.4. The zero-order valence-electron chi connectivity index (χ0n) is 17.1. The number of imide groups is 1. The quantitative estimate of drug-likeness (QED) is 0.503. The highest BCUT2D eigenvalue weighted by molar-refractivity contribution is 6.28. The van der Waals surface area contributed by atoms with Crippen molar-refractivity contribution in [1.82, 2.24) is 10.2 Å². The van der Waals surface area contributed by atoms with E-state index in [0.29, 0.717) is 17.5 Å². The molecular formula is C22H25N3O6. The number of anilines is 1. The van der Waals surface area contributed by atoms with E-state index in [2.05, 4.69) is 15.1 Å². The smallest absolute Gasteiger partial charge is 0.303 e. The van der Waals surface area contributed by atoms with Gasteiger partial charge >= 0.3 is 5.97 Å². The zero-order valence-corrected chi connectivity index (χ0v) is 17.1. The Morgan fingerprint density at radius 1 is 1.03 bits per heavy atom. The number of carbonyl (C=O) groups is 5. The van der Waals surface area contributed by atoms with E-state index in [1.165, 1.54) is 0 Å². The number of carbonyl (C=O) groups excluding carboxylic acids is 4. The summed E-state index contributed by atoms with van der Waals surface area (Å²) in [7, 11) is 0. The zero-order chi connectivity index (χ0) is 22.1. The molecule has 1 aliphatic carbocycles. The highest BCUT2D eigenvalue weighted by Crippen LogP contribution is 2.36. The van der Waals surface area contributed by atoms with Crippen molar-refractivity contribution in [3.05, 3.63) is 29.3 Å². The van der Waals surface area contributed by atoms with Crippen LogP contribution in [0.15, 0.2) is 18.2 Å². The average molecular weight is 427 g/mol. The predicted molar refractivity (Wildman–Crippen MR) is 110 cm³/mol. The first-order valence-corrected chi connectivity index (χ1v) is 10.6. The van der Waals surface area contributed by atoms with Crippen LogP contribution in [0.3, 0.4) is 0 Å². The van der Waals surface area contributed by atoms with Gasteiger partial charge in [-0.05, 0) is 37.6 Å². The monoisotopic (exact) mass is 427 g/mol. The van der Waals surface area contributed by atoms with Crippen LogP contribution < -0.4 is 10.2 Å². The van der Waals surface area contributed by atoms with Crippen molar-refractivity contribution in [2.24, 2.45) is 11.8 Å². The number of carboxylic acids is 1. The number of amides is 2. The Morgan fingerprint density at radius 3 is 2.42 bits per heavy atom. The fourth-order valence-corrected chi connectivity index (χ4v) is 4.68. The number of benzene rings is 1. The van der Waals surface area contributed by atoms with E-state index in [4.69, 9.17) is 5.11 Å². The Morgan fingerprint density at radius 2 is 1.74 bits per heavy atom. The number of Topliss-reactive ketones (excluding diaryl/α,β-unsaturated/α-hetero) is 2. The molecule has 0 radical (unpaired) electrons. The van der Waals surface area contributed by atoms with Crippen LogP contribution >= 0.6 is 0 Å². The number of rotatable bonds is 6. The number of nitrogens with one attached hydrogen (secondary N) is 1. The number of piperazine rings is 1. The summed E-state index contributed by atoms with van der Waals surface area (Å²) in [5.41, 5.74) is 1.55. The molecule has 2 atom stereocenters. The first-order chi connectivity index (χ1) is 14.8. The molecule has 31 heavy (non-hydrogen) atoms. The summed E-state index contributed by atoms with van der Waals surface area (Å²) < 4.78 is 0. The van der Waals surface area contributed by atoms with E-state index in [0.717, 1.165) is 38.4 Å². The van der Waals surface area contributed by atoms with E-state index in [1.807, 2.05) is 6.07 Å². The first-order valence-electron chi connectivity index (χ1n) is 10.6. The summed E-state index contributed by atoms with van der Waals surface area (Å²) >= 11 is 0. The van der Waals surface area contributed by atoms with Crippen LogP contribution in [0.25, 0.3) is 0 Å². The van der Waals surface area contributed by atoms with Gasteiger partial charge in [0.25, 0.3) is 0 Å². The summed E-state index contributed by atoms with van der Waals surface area (Å²) in [6.07, 6.45) is 1.12. The van der Waals surface area contributed by atoms with E-state index >= 15 is 0 Å². The molecule has 2 N–H and O–H groups in total. The standard InChI is InChI=1S/C22H25N3O6/c26-17-6-5-15(22(31)23-17)19-20(29)14-4-3-13(12-16(14)21(19)30)25-10-8-24(9-11-25)7-1-2-18(27)28/h3-4,12,15,19H,1-2,5-11H2,(H,27,28)(H,23,26,31). The number of hydrogen-bond donors (Lipinski definition) is 2. The molecule has 9 nitrogen and oxygen atoms in total. The van der Waals surface area contributed by atoms with Crippen molar-refractivity contribution in [3.8, 4) is 0 Å². The van der Waals surface area contributed by atoms with Gasteiger partial charge in [0.05, 0.1) is 11.8 Å². The predicted octanol–water partition coefficient (Wildman–Crippen LogP) is 0.721. The van der Waals surface area contributed by atoms with E-state index in [-0.39, 0.29) is 36.7 Å². The molecule has 0 bridgehead atoms. The third-order valence-electron chi connectivity index (χ3n) is 6.39. The second kappa shape index (κ2) is 8.58. The molecule has 0 aromatic heterocycles. The molecule has 2 fully saturated rings. The Bertz CT molecular complexity index is 951. The summed E-state index contributed by atoms with van der Waals surface area (Å²) in [6, 6.07) is 5.23. The molecule has 2 unspecified atom stereocenters. The van der Waals surface area contributed by atoms with Gasteiger partial charge < -0.3 is 10.0 Å². The Balaban J connectivity index is 1.43. The number of hydrogen-bond acceptors (Lipinski definition) is 7. The highest BCUT2D eigenvalue weighted by Gasteiger charge is 2.47. The minimum absolute atomic E-state index is 0.131. The largest absolute Gasteiger partial charge is 0.481 e. The lowest BCUT2D eigenvalue weighted by atomic mass is 9.82. The molecule has 164 valence electrons. The molecule has 0 saturated carbocycles. The van der Waals surface area contributed by atoms with Crippen molar-refractivity contribution in [3.63, 3.8) is 0 Å². The van der Waals surface area contributed by atoms with E-state index in [1.54, 1.807) is 12.1 Å². The van der Waals surface area contributed by atoms with Crippen LogP contribution in [0.5, 0.6) is 0 Å². The minimum atomic E-state index is -1.05. The number of nitrogens with zero attached hydrogens (tertiary/aromatic N) is 2. The van der Waals surface area contributed by atoms with Gasteiger partial charge in [-0.15, -0.1) is 0 Å². The molecular weight excluding hydrogens is 402 g/mol. The van der Waals surface area contributed by atoms with Crippen LogP contribution in [0.4, 0.5) is 5.69 Å². The lowest BCUT2D eigenvalue weighted by Gasteiger charge is -2.36. The maximum Gasteiger partial charge on any atom is 0.303 e. The fourth-order valence-electron chi connectivity index (χ4n) is 4.68. The second-order valence-electron chi connectivity index (χ2n) is 8.32. The normalized spacial score (nSPS) is 24.3. The van der Waals surface area contributed by atoms with Crippen LogP contribution in [0.2, 0.25) is 0 Å². The van der Waals surface area contributed by atoms with Gasteiger partial charge in [-0.2, -0.15) is 0 Å². The Labute approximate surface area is 179 Å². The van der Waals surface area contributed by atoms with Gasteiger partial charge in [0.15, 0.2) is 11.6 Å². The van der Waals surface area contributed by atoms with Gasteiger partial charge in [0, 0.05) is 55.8 Å². The van der Waals surface area contributed by atoms with Gasteiger partial charge in [0.1, 0.15) is 0 Å². The summed E-state index contributed by atoms with van der Waals surface area (Å²) in [6.45, 7) is 3.81. The SMILES string of the molecule is O=C(O)CCCN1CCN(c2ccc3c(c2)C(=O)C(C2CCC(=O)NC2=O)C3=O)CC1. The second-order valence-corrected chi connectivity index (χ2v) is 8.32.